The number of halogens is 4. The fourth-order valence-electron chi connectivity index (χ4n) is 1.75. The van der Waals surface area contributed by atoms with Gasteiger partial charge in [0.15, 0.2) is 0 Å². The molecular formula is C14H10Br2ClFO. The van der Waals surface area contributed by atoms with E-state index in [-0.39, 0.29) is 10.6 Å². The van der Waals surface area contributed by atoms with Crippen molar-refractivity contribution >= 4 is 43.5 Å². The standard InChI is InChI=1S/C14H10Br2ClFO/c1-19-13-5-3-9(18)7-10(13)14(16)8-2-4-12(17)11(15)6-8/h2-7,14H,1H3. The molecule has 0 aromatic heterocycles. The highest BCUT2D eigenvalue weighted by atomic mass is 79.9. The molecule has 2 rings (SSSR count). The summed E-state index contributed by atoms with van der Waals surface area (Å²) in [5.41, 5.74) is 1.69. The van der Waals surface area contributed by atoms with Crippen LogP contribution < -0.4 is 4.74 Å². The Hall–Kier alpha value is -0.580. The first-order valence-electron chi connectivity index (χ1n) is 5.45. The number of hydrogen-bond donors (Lipinski definition) is 0. The highest BCUT2D eigenvalue weighted by Gasteiger charge is 2.17. The van der Waals surface area contributed by atoms with E-state index in [1.807, 2.05) is 12.1 Å². The molecule has 0 radical (unpaired) electrons. The highest BCUT2D eigenvalue weighted by Crippen LogP contribution is 2.38. The summed E-state index contributed by atoms with van der Waals surface area (Å²) in [5.74, 6) is 0.336. The zero-order chi connectivity index (χ0) is 14.0. The summed E-state index contributed by atoms with van der Waals surface area (Å²) < 4.78 is 19.5. The van der Waals surface area contributed by atoms with Gasteiger partial charge in [0.2, 0.25) is 0 Å². The number of alkyl halides is 1. The average molecular weight is 408 g/mol. The molecule has 0 saturated heterocycles. The molecule has 2 aromatic rings. The zero-order valence-corrected chi connectivity index (χ0v) is 13.9. The maximum atomic E-state index is 13.4. The third-order valence-corrected chi connectivity index (χ3v) is 4.94. The molecule has 0 spiro atoms. The SMILES string of the molecule is COc1ccc(F)cc1C(Br)c1ccc(Cl)c(Br)c1. The molecule has 0 saturated carbocycles. The smallest absolute Gasteiger partial charge is 0.123 e. The van der Waals surface area contributed by atoms with E-state index in [0.29, 0.717) is 10.8 Å². The lowest BCUT2D eigenvalue weighted by molar-refractivity contribution is 0.409. The molecule has 5 heteroatoms. The monoisotopic (exact) mass is 406 g/mol. The molecule has 0 fully saturated rings. The summed E-state index contributed by atoms with van der Waals surface area (Å²) in [5, 5.41) is 0.634. The molecule has 2 aromatic carbocycles. The van der Waals surface area contributed by atoms with Crippen molar-refractivity contribution in [3.8, 4) is 5.75 Å². The Morgan fingerprint density at radius 1 is 1.21 bits per heavy atom. The Bertz CT molecular complexity index is 604. The van der Waals surface area contributed by atoms with Crippen LogP contribution in [0.4, 0.5) is 4.39 Å². The molecule has 1 nitrogen and oxygen atoms in total. The van der Waals surface area contributed by atoms with Crippen molar-refractivity contribution < 1.29 is 9.13 Å². The fraction of sp³-hybridized carbons (Fsp3) is 0.143. The third-order valence-electron chi connectivity index (χ3n) is 2.70. The van der Waals surface area contributed by atoms with Gasteiger partial charge >= 0.3 is 0 Å². The first-order valence-corrected chi connectivity index (χ1v) is 7.54. The molecule has 0 aliphatic carbocycles. The molecule has 19 heavy (non-hydrogen) atoms. The van der Waals surface area contributed by atoms with Crippen LogP contribution in [0.15, 0.2) is 40.9 Å². The quantitative estimate of drug-likeness (QED) is 0.589. The number of hydrogen-bond acceptors (Lipinski definition) is 1. The van der Waals surface area contributed by atoms with Crippen LogP contribution in [0, 0.1) is 5.82 Å². The van der Waals surface area contributed by atoms with Crippen LogP contribution in [0.25, 0.3) is 0 Å². The molecule has 1 unspecified atom stereocenters. The van der Waals surface area contributed by atoms with Gasteiger partial charge in [-0.3, -0.25) is 0 Å². The van der Waals surface area contributed by atoms with E-state index >= 15 is 0 Å². The van der Waals surface area contributed by atoms with Gasteiger partial charge in [-0.1, -0.05) is 33.6 Å². The van der Waals surface area contributed by atoms with Gasteiger partial charge in [0.25, 0.3) is 0 Å². The van der Waals surface area contributed by atoms with Gasteiger partial charge in [-0.05, 0) is 51.8 Å². The molecule has 0 aliphatic rings. The van der Waals surface area contributed by atoms with Crippen LogP contribution >= 0.6 is 43.5 Å². The van der Waals surface area contributed by atoms with Crippen LogP contribution in [-0.2, 0) is 0 Å². The molecule has 0 N–H and O–H groups in total. The second-order valence-corrected chi connectivity index (χ2v) is 6.10. The van der Waals surface area contributed by atoms with Gasteiger partial charge in [-0.25, -0.2) is 4.39 Å². The lowest BCUT2D eigenvalue weighted by atomic mass is 10.0. The van der Waals surface area contributed by atoms with Crippen molar-refractivity contribution in [1.29, 1.82) is 0 Å². The molecule has 0 heterocycles. The molecule has 0 amide bonds. The summed E-state index contributed by atoms with van der Waals surface area (Å²) in [6.07, 6.45) is 0. The minimum absolute atomic E-state index is 0.174. The van der Waals surface area contributed by atoms with Crippen molar-refractivity contribution in [3.05, 3.63) is 62.8 Å². The first-order chi connectivity index (χ1) is 9.02. The Kier molecular flexibility index (Phi) is 4.87. The Morgan fingerprint density at radius 2 is 1.95 bits per heavy atom. The van der Waals surface area contributed by atoms with Crippen LogP contribution in [0.3, 0.4) is 0 Å². The zero-order valence-electron chi connectivity index (χ0n) is 9.96. The maximum absolute atomic E-state index is 13.4. The lowest BCUT2D eigenvalue weighted by Gasteiger charge is -2.15. The van der Waals surface area contributed by atoms with Gasteiger partial charge in [-0.2, -0.15) is 0 Å². The number of benzene rings is 2. The van der Waals surface area contributed by atoms with Gasteiger partial charge < -0.3 is 4.74 Å². The minimum atomic E-state index is -0.298. The predicted octanol–water partition coefficient (Wildman–Crippen LogP) is 5.73. The molecular weight excluding hydrogens is 398 g/mol. The van der Waals surface area contributed by atoms with Gasteiger partial charge in [-0.15, -0.1) is 0 Å². The molecule has 1 atom stereocenters. The maximum Gasteiger partial charge on any atom is 0.123 e. The van der Waals surface area contributed by atoms with Gasteiger partial charge in [0.1, 0.15) is 11.6 Å². The summed E-state index contributed by atoms with van der Waals surface area (Å²) in [6.45, 7) is 0. The van der Waals surface area contributed by atoms with E-state index < -0.39 is 0 Å². The van der Waals surface area contributed by atoms with Crippen molar-refractivity contribution in [2.75, 3.05) is 7.11 Å². The fourth-order valence-corrected chi connectivity index (χ4v) is 2.91. The minimum Gasteiger partial charge on any atom is -0.496 e. The van der Waals surface area contributed by atoms with E-state index in [0.717, 1.165) is 15.6 Å². The van der Waals surface area contributed by atoms with E-state index in [2.05, 4.69) is 31.9 Å². The van der Waals surface area contributed by atoms with Gasteiger partial charge in [0, 0.05) is 10.0 Å². The summed E-state index contributed by atoms with van der Waals surface area (Å²) >= 11 is 12.9. The van der Waals surface area contributed by atoms with Crippen molar-refractivity contribution in [2.24, 2.45) is 0 Å². The van der Waals surface area contributed by atoms with E-state index in [1.54, 1.807) is 19.2 Å². The Labute approximate surface area is 133 Å². The highest BCUT2D eigenvalue weighted by molar-refractivity contribution is 9.10. The van der Waals surface area contributed by atoms with E-state index in [4.69, 9.17) is 16.3 Å². The molecule has 100 valence electrons. The van der Waals surface area contributed by atoms with E-state index in [9.17, 15) is 4.39 Å². The summed E-state index contributed by atoms with van der Waals surface area (Å²) in [6, 6.07) is 10.0. The second-order valence-electron chi connectivity index (χ2n) is 3.92. The first kappa shape index (κ1) is 14.8. The normalized spacial score (nSPS) is 12.3. The van der Waals surface area contributed by atoms with Crippen molar-refractivity contribution in [3.63, 3.8) is 0 Å². The Balaban J connectivity index is 2.45. The summed E-state index contributed by atoms with van der Waals surface area (Å²) in [4.78, 5) is -0.174. The van der Waals surface area contributed by atoms with Crippen molar-refractivity contribution in [2.45, 2.75) is 4.83 Å². The summed E-state index contributed by atoms with van der Waals surface area (Å²) in [7, 11) is 1.56. The Morgan fingerprint density at radius 3 is 2.58 bits per heavy atom. The predicted molar refractivity (Wildman–Crippen MR) is 82.9 cm³/mol. The second kappa shape index (κ2) is 6.25. The number of rotatable bonds is 3. The van der Waals surface area contributed by atoms with Gasteiger partial charge in [0.05, 0.1) is 17.0 Å². The third kappa shape index (κ3) is 3.30. The molecule has 0 bridgehead atoms. The number of methoxy groups -OCH3 is 1. The van der Waals surface area contributed by atoms with E-state index in [1.165, 1.54) is 12.1 Å². The molecule has 0 aliphatic heterocycles. The number of ether oxygens (including phenoxy) is 1. The van der Waals surface area contributed by atoms with Crippen LogP contribution in [0.5, 0.6) is 5.75 Å². The topological polar surface area (TPSA) is 9.23 Å². The average Bonchev–Trinajstić information content (AvgIpc) is 2.41. The van der Waals surface area contributed by atoms with Crippen LogP contribution in [-0.4, -0.2) is 7.11 Å². The lowest BCUT2D eigenvalue weighted by Crippen LogP contribution is -1.98. The largest absolute Gasteiger partial charge is 0.496 e. The van der Waals surface area contributed by atoms with Crippen molar-refractivity contribution in [1.82, 2.24) is 0 Å². The van der Waals surface area contributed by atoms with Crippen LogP contribution in [0.1, 0.15) is 16.0 Å². The van der Waals surface area contributed by atoms with Crippen LogP contribution in [0.2, 0.25) is 5.02 Å².